The summed E-state index contributed by atoms with van der Waals surface area (Å²) in [5.74, 6) is -0.937. The largest absolute Gasteiger partial charge is 0.497 e. The number of para-hydroxylation sites is 1. The van der Waals surface area contributed by atoms with Crippen LogP contribution in [0.2, 0.25) is 0 Å². The van der Waals surface area contributed by atoms with Gasteiger partial charge in [0.15, 0.2) is 4.80 Å². The number of hydrogen-bond acceptors (Lipinski definition) is 8. The molecule has 0 saturated carbocycles. The van der Waals surface area contributed by atoms with Crippen LogP contribution in [0.1, 0.15) is 37.9 Å². The molecule has 0 radical (unpaired) electrons. The number of hydrogen-bond donors (Lipinski definition) is 0. The molecular formula is C27H23N3O6S. The summed E-state index contributed by atoms with van der Waals surface area (Å²) >= 11 is 1.05. The number of imide groups is 1. The minimum absolute atomic E-state index is 0.143. The number of anilines is 1. The molecule has 2 aromatic carbocycles. The molecule has 1 atom stereocenters. The summed E-state index contributed by atoms with van der Waals surface area (Å²) in [6, 6.07) is 13.3. The number of benzene rings is 2. The van der Waals surface area contributed by atoms with Gasteiger partial charge in [-0.3, -0.25) is 19.0 Å². The van der Waals surface area contributed by atoms with Crippen LogP contribution in [0.25, 0.3) is 11.3 Å². The van der Waals surface area contributed by atoms with Crippen molar-refractivity contribution < 1.29 is 23.9 Å². The van der Waals surface area contributed by atoms with E-state index in [0.717, 1.165) is 21.8 Å². The first-order valence-corrected chi connectivity index (χ1v) is 12.4. The van der Waals surface area contributed by atoms with Gasteiger partial charge in [-0.05, 0) is 37.6 Å². The molecule has 0 unspecified atom stereocenters. The summed E-state index contributed by atoms with van der Waals surface area (Å²) in [5, 5.41) is 0. The molecule has 1 aromatic heterocycles. The van der Waals surface area contributed by atoms with Crippen LogP contribution in [0.5, 0.6) is 5.75 Å². The summed E-state index contributed by atoms with van der Waals surface area (Å²) < 4.78 is 12.1. The number of amides is 2. The number of ether oxygens (including phenoxy) is 2. The highest BCUT2D eigenvalue weighted by Crippen LogP contribution is 2.36. The van der Waals surface area contributed by atoms with Gasteiger partial charge in [0.2, 0.25) is 5.91 Å². The Labute approximate surface area is 215 Å². The Bertz CT molecular complexity index is 1680. The number of rotatable bonds is 4. The van der Waals surface area contributed by atoms with Crippen molar-refractivity contribution in [2.24, 2.45) is 4.99 Å². The lowest BCUT2D eigenvalue weighted by Gasteiger charge is -2.22. The van der Waals surface area contributed by atoms with Gasteiger partial charge in [-0.25, -0.2) is 14.7 Å². The molecule has 3 heterocycles. The van der Waals surface area contributed by atoms with Crippen molar-refractivity contribution in [2.75, 3.05) is 18.6 Å². The van der Waals surface area contributed by atoms with Crippen LogP contribution in [0.15, 0.2) is 63.9 Å². The molecule has 5 rings (SSSR count). The molecule has 0 N–H and O–H groups in total. The monoisotopic (exact) mass is 517 g/mol. The van der Waals surface area contributed by atoms with Crippen molar-refractivity contribution in [3.63, 3.8) is 0 Å². The van der Waals surface area contributed by atoms with Gasteiger partial charge in [-0.1, -0.05) is 41.7 Å². The summed E-state index contributed by atoms with van der Waals surface area (Å²) in [6.45, 7) is 4.83. The Balaban J connectivity index is 1.80. The fourth-order valence-electron chi connectivity index (χ4n) is 4.64. The first-order valence-electron chi connectivity index (χ1n) is 11.6. The maximum Gasteiger partial charge on any atom is 0.338 e. The molecule has 188 valence electrons. The predicted molar refractivity (Wildman–Crippen MR) is 138 cm³/mol. The molecule has 0 saturated heterocycles. The topological polar surface area (TPSA) is 107 Å². The minimum Gasteiger partial charge on any atom is -0.497 e. The molecule has 0 aliphatic carbocycles. The Morgan fingerprint density at radius 3 is 2.43 bits per heavy atom. The fourth-order valence-corrected chi connectivity index (χ4v) is 5.77. The fraction of sp³-hybridized carbons (Fsp3) is 0.222. The van der Waals surface area contributed by atoms with Crippen LogP contribution in [0.4, 0.5) is 5.69 Å². The molecule has 2 amide bonds. The van der Waals surface area contributed by atoms with Crippen molar-refractivity contribution in [3.8, 4) is 5.75 Å². The quantitative estimate of drug-likeness (QED) is 0.491. The number of allylic oxidation sites excluding steroid dienone is 1. The van der Waals surface area contributed by atoms with Gasteiger partial charge < -0.3 is 9.47 Å². The van der Waals surface area contributed by atoms with E-state index in [2.05, 4.69) is 0 Å². The van der Waals surface area contributed by atoms with E-state index in [9.17, 15) is 19.2 Å². The Kier molecular flexibility index (Phi) is 6.12. The lowest BCUT2D eigenvalue weighted by Crippen LogP contribution is -2.37. The second-order valence-corrected chi connectivity index (χ2v) is 9.41. The van der Waals surface area contributed by atoms with E-state index in [1.54, 1.807) is 69.5 Å². The third-order valence-corrected chi connectivity index (χ3v) is 7.37. The first kappa shape index (κ1) is 24.4. The molecule has 9 nitrogen and oxygen atoms in total. The zero-order valence-electron chi connectivity index (χ0n) is 20.6. The molecular weight excluding hydrogens is 494 g/mol. The van der Waals surface area contributed by atoms with Crippen molar-refractivity contribution in [3.05, 3.63) is 84.9 Å². The zero-order chi connectivity index (χ0) is 26.4. The van der Waals surface area contributed by atoms with E-state index in [0.29, 0.717) is 27.5 Å². The number of esters is 1. The molecule has 2 aliphatic rings. The summed E-state index contributed by atoms with van der Waals surface area (Å²) in [7, 11) is 1.56. The molecule has 10 heteroatoms. The average molecular weight is 518 g/mol. The van der Waals surface area contributed by atoms with Gasteiger partial charge in [0.1, 0.15) is 16.3 Å². The second-order valence-electron chi connectivity index (χ2n) is 8.43. The molecule has 0 spiro atoms. The van der Waals surface area contributed by atoms with Gasteiger partial charge in [0.05, 0.1) is 30.6 Å². The molecule has 37 heavy (non-hydrogen) atoms. The van der Waals surface area contributed by atoms with Gasteiger partial charge in [0, 0.05) is 18.2 Å². The number of thiazole rings is 1. The molecule has 2 aliphatic heterocycles. The maximum atomic E-state index is 13.7. The van der Waals surface area contributed by atoms with Gasteiger partial charge in [-0.2, -0.15) is 0 Å². The highest BCUT2D eigenvalue weighted by molar-refractivity contribution is 7.07. The molecule has 0 fully saturated rings. The smallest absolute Gasteiger partial charge is 0.338 e. The van der Waals surface area contributed by atoms with E-state index < -0.39 is 29.4 Å². The normalized spacial score (nSPS) is 17.8. The minimum atomic E-state index is -0.721. The van der Waals surface area contributed by atoms with Crippen LogP contribution < -0.4 is 24.5 Å². The van der Waals surface area contributed by atoms with E-state index in [4.69, 9.17) is 14.5 Å². The SMILES string of the molecule is CCOC(=O)C1=C(C)n2c(s/c(=C3\C(=O)N(C(C)=O)c4ccccc43)c2=O)=N[C@H]1c1ccc(OC)cc1. The highest BCUT2D eigenvalue weighted by atomic mass is 32.1. The Hall–Kier alpha value is -4.31. The van der Waals surface area contributed by atoms with Crippen LogP contribution in [0.3, 0.4) is 0 Å². The average Bonchev–Trinajstić information content (AvgIpc) is 3.36. The zero-order valence-corrected chi connectivity index (χ0v) is 21.4. The van der Waals surface area contributed by atoms with Crippen molar-refractivity contribution in [1.29, 1.82) is 0 Å². The summed E-state index contributed by atoms with van der Waals surface area (Å²) in [4.78, 5) is 58.6. The maximum absolute atomic E-state index is 13.7. The predicted octanol–water partition coefficient (Wildman–Crippen LogP) is 2.18. The van der Waals surface area contributed by atoms with E-state index in [1.807, 2.05) is 0 Å². The number of carbonyl (C=O) groups excluding carboxylic acids is 3. The van der Waals surface area contributed by atoms with Crippen LogP contribution in [0, 0.1) is 0 Å². The Morgan fingerprint density at radius 2 is 1.78 bits per heavy atom. The first-order chi connectivity index (χ1) is 17.8. The lowest BCUT2D eigenvalue weighted by atomic mass is 9.96. The molecule has 0 bridgehead atoms. The van der Waals surface area contributed by atoms with E-state index in [-0.39, 0.29) is 22.3 Å². The Morgan fingerprint density at radius 1 is 1.08 bits per heavy atom. The van der Waals surface area contributed by atoms with Gasteiger partial charge in [0.25, 0.3) is 11.5 Å². The van der Waals surface area contributed by atoms with Crippen LogP contribution >= 0.6 is 11.3 Å². The second kappa shape index (κ2) is 9.29. The van der Waals surface area contributed by atoms with Gasteiger partial charge in [-0.15, -0.1) is 0 Å². The van der Waals surface area contributed by atoms with Crippen LogP contribution in [-0.4, -0.2) is 36.1 Å². The number of fused-ring (bicyclic) bond motifs is 2. The van der Waals surface area contributed by atoms with Crippen LogP contribution in [-0.2, 0) is 19.1 Å². The number of carbonyl (C=O) groups is 3. The summed E-state index contributed by atoms with van der Waals surface area (Å²) in [5.41, 5.74) is 1.91. The third kappa shape index (κ3) is 3.80. The van der Waals surface area contributed by atoms with Crippen molar-refractivity contribution in [1.82, 2.24) is 4.57 Å². The van der Waals surface area contributed by atoms with Gasteiger partial charge >= 0.3 is 5.97 Å². The summed E-state index contributed by atoms with van der Waals surface area (Å²) in [6.07, 6.45) is 0. The highest BCUT2D eigenvalue weighted by Gasteiger charge is 2.37. The molecule has 3 aromatic rings. The van der Waals surface area contributed by atoms with E-state index in [1.165, 1.54) is 11.5 Å². The van der Waals surface area contributed by atoms with Crippen molar-refractivity contribution >= 4 is 46.1 Å². The van der Waals surface area contributed by atoms with Crippen molar-refractivity contribution in [2.45, 2.75) is 26.8 Å². The van der Waals surface area contributed by atoms with E-state index >= 15 is 0 Å². The lowest BCUT2D eigenvalue weighted by molar-refractivity contribution is -0.138. The number of aromatic nitrogens is 1. The third-order valence-electron chi connectivity index (χ3n) is 6.32. The number of nitrogens with zero attached hydrogens (tertiary/aromatic N) is 3. The standard InChI is InChI=1S/C27H23N3O6S/c1-5-36-26(34)20-14(2)29-25(33)23(21-18-8-6-7-9-19(18)30(15(3)31)24(21)32)37-27(29)28-22(20)16-10-12-17(35-4)13-11-16/h6-13,22H,5H2,1-4H3/b23-21-/t22-/m0/s1. The number of methoxy groups -OCH3 is 1.